The molecule has 2 rings (SSSR count). The quantitative estimate of drug-likeness (QED) is 0.610. The number of carbonyl (C=O) groups is 1. The van der Waals surface area contributed by atoms with Crippen LogP contribution in [-0.4, -0.2) is 10.3 Å². The Morgan fingerprint density at radius 1 is 1.35 bits per heavy atom. The molecule has 1 aliphatic rings. The van der Waals surface area contributed by atoms with Gasteiger partial charge in [-0.05, 0) is 13.0 Å². The summed E-state index contributed by atoms with van der Waals surface area (Å²) in [6, 6.07) is 4.93. The average molecular weight is 327 g/mol. The summed E-state index contributed by atoms with van der Waals surface area (Å²) in [4.78, 5) is 11.8. The Hall–Kier alpha value is -0.940. The molecular formula is C13H11Cl2F3O2. The zero-order valence-corrected chi connectivity index (χ0v) is 11.9. The van der Waals surface area contributed by atoms with Gasteiger partial charge in [0.1, 0.15) is 16.4 Å². The van der Waals surface area contributed by atoms with Crippen molar-refractivity contribution in [2.45, 2.75) is 30.5 Å². The molecule has 0 N–H and O–H groups in total. The first-order chi connectivity index (χ1) is 9.08. The third kappa shape index (κ3) is 2.74. The van der Waals surface area contributed by atoms with E-state index in [1.165, 1.54) is 25.1 Å². The van der Waals surface area contributed by atoms with Crippen molar-refractivity contribution in [1.82, 2.24) is 0 Å². The Labute approximate surface area is 123 Å². The van der Waals surface area contributed by atoms with Crippen molar-refractivity contribution in [3.8, 4) is 0 Å². The Morgan fingerprint density at radius 2 is 1.90 bits per heavy atom. The Balaban J connectivity index is 2.08. The molecule has 1 aromatic rings. The molecule has 2 nitrogen and oxygen atoms in total. The maximum Gasteiger partial charge on any atom is 0.416 e. The normalized spacial score (nSPS) is 24.3. The minimum absolute atomic E-state index is 0.104. The number of alkyl halides is 5. The predicted molar refractivity (Wildman–Crippen MR) is 68.4 cm³/mol. The fourth-order valence-electron chi connectivity index (χ4n) is 1.85. The number of esters is 1. The Morgan fingerprint density at radius 3 is 2.40 bits per heavy atom. The molecule has 0 radical (unpaired) electrons. The zero-order chi connectivity index (χ0) is 15.2. The topological polar surface area (TPSA) is 26.3 Å². The Bertz CT molecular complexity index is 543. The number of hydrogen-bond donors (Lipinski definition) is 0. The molecule has 7 heteroatoms. The molecule has 1 fully saturated rings. The first-order valence-corrected chi connectivity index (χ1v) is 6.54. The second kappa shape index (κ2) is 4.81. The lowest BCUT2D eigenvalue weighted by Gasteiger charge is -2.15. The first-order valence-electron chi connectivity index (χ1n) is 5.78. The summed E-state index contributed by atoms with van der Waals surface area (Å²) >= 11 is 11.6. The van der Waals surface area contributed by atoms with Gasteiger partial charge in [0.05, 0.1) is 5.56 Å². The van der Waals surface area contributed by atoms with E-state index in [1.54, 1.807) is 0 Å². The van der Waals surface area contributed by atoms with Gasteiger partial charge in [0.15, 0.2) is 0 Å². The summed E-state index contributed by atoms with van der Waals surface area (Å²) in [5, 5.41) is 0. The molecule has 1 saturated carbocycles. The van der Waals surface area contributed by atoms with Crippen molar-refractivity contribution in [3.05, 3.63) is 35.4 Å². The minimum Gasteiger partial charge on any atom is -0.460 e. The van der Waals surface area contributed by atoms with Crippen molar-refractivity contribution in [2.75, 3.05) is 0 Å². The molecule has 0 saturated heterocycles. The maximum atomic E-state index is 12.8. The number of ether oxygens (including phenoxy) is 1. The first kappa shape index (κ1) is 15.4. The van der Waals surface area contributed by atoms with E-state index in [4.69, 9.17) is 27.9 Å². The second-order valence-corrected chi connectivity index (χ2v) is 6.43. The second-order valence-electron chi connectivity index (χ2n) is 4.94. The SMILES string of the molecule is CC1(C(=O)OCc2ccccc2C(F)(F)F)CC1(Cl)Cl. The monoisotopic (exact) mass is 326 g/mol. The van der Waals surface area contributed by atoms with E-state index in [-0.39, 0.29) is 12.0 Å². The van der Waals surface area contributed by atoms with Crippen LogP contribution in [0, 0.1) is 5.41 Å². The maximum absolute atomic E-state index is 12.8. The lowest BCUT2D eigenvalue weighted by atomic mass is 10.1. The molecule has 1 unspecified atom stereocenters. The van der Waals surface area contributed by atoms with Gasteiger partial charge in [-0.3, -0.25) is 4.79 Å². The van der Waals surface area contributed by atoms with Gasteiger partial charge in [-0.2, -0.15) is 13.2 Å². The van der Waals surface area contributed by atoms with Crippen LogP contribution in [0.5, 0.6) is 0 Å². The summed E-state index contributed by atoms with van der Waals surface area (Å²) in [5.74, 6) is -0.695. The van der Waals surface area contributed by atoms with E-state index < -0.39 is 34.1 Å². The van der Waals surface area contributed by atoms with Crippen LogP contribution in [0.2, 0.25) is 0 Å². The number of rotatable bonds is 3. The van der Waals surface area contributed by atoms with E-state index in [0.717, 1.165) is 6.07 Å². The molecule has 0 aliphatic heterocycles. The highest BCUT2D eigenvalue weighted by Crippen LogP contribution is 2.64. The highest BCUT2D eigenvalue weighted by Gasteiger charge is 2.69. The number of halogens is 5. The Kier molecular flexibility index (Phi) is 3.71. The molecule has 0 bridgehead atoms. The number of benzene rings is 1. The predicted octanol–water partition coefficient (Wildman–Crippen LogP) is 4.33. The van der Waals surface area contributed by atoms with Crippen LogP contribution in [-0.2, 0) is 22.3 Å². The van der Waals surface area contributed by atoms with Crippen molar-refractivity contribution in [1.29, 1.82) is 0 Å². The molecular weight excluding hydrogens is 316 g/mol. The molecule has 0 amide bonds. The lowest BCUT2D eigenvalue weighted by Crippen LogP contribution is -2.21. The number of hydrogen-bond acceptors (Lipinski definition) is 2. The van der Waals surface area contributed by atoms with E-state index in [1.807, 2.05) is 0 Å². The van der Waals surface area contributed by atoms with Crippen LogP contribution < -0.4 is 0 Å². The fourth-order valence-corrected chi connectivity index (χ4v) is 2.54. The zero-order valence-electron chi connectivity index (χ0n) is 10.4. The molecule has 0 spiro atoms. The van der Waals surface area contributed by atoms with Gasteiger partial charge in [0.2, 0.25) is 0 Å². The van der Waals surface area contributed by atoms with Crippen LogP contribution in [0.25, 0.3) is 0 Å². The fraction of sp³-hybridized carbons (Fsp3) is 0.462. The van der Waals surface area contributed by atoms with Gasteiger partial charge in [0.25, 0.3) is 0 Å². The third-order valence-corrected chi connectivity index (χ3v) is 4.49. The summed E-state index contributed by atoms with van der Waals surface area (Å²) in [6.07, 6.45) is -4.27. The van der Waals surface area contributed by atoms with Gasteiger partial charge < -0.3 is 4.74 Å². The lowest BCUT2D eigenvalue weighted by molar-refractivity contribution is -0.152. The van der Waals surface area contributed by atoms with Crippen molar-refractivity contribution in [2.24, 2.45) is 5.41 Å². The van der Waals surface area contributed by atoms with Gasteiger partial charge in [-0.25, -0.2) is 0 Å². The van der Waals surface area contributed by atoms with Crippen molar-refractivity contribution < 1.29 is 22.7 Å². The van der Waals surface area contributed by atoms with Crippen LogP contribution in [0.15, 0.2) is 24.3 Å². The van der Waals surface area contributed by atoms with Crippen molar-refractivity contribution >= 4 is 29.2 Å². The highest BCUT2D eigenvalue weighted by molar-refractivity contribution is 6.53. The summed E-state index contributed by atoms with van der Waals surface area (Å²) in [7, 11) is 0. The van der Waals surface area contributed by atoms with Crippen LogP contribution in [0.1, 0.15) is 24.5 Å². The largest absolute Gasteiger partial charge is 0.460 e. The van der Waals surface area contributed by atoms with Crippen molar-refractivity contribution in [3.63, 3.8) is 0 Å². The van der Waals surface area contributed by atoms with E-state index in [9.17, 15) is 18.0 Å². The van der Waals surface area contributed by atoms with Gasteiger partial charge in [-0.1, -0.05) is 18.2 Å². The molecule has 1 aliphatic carbocycles. The number of carbonyl (C=O) groups excluding carboxylic acids is 1. The molecule has 0 aromatic heterocycles. The van der Waals surface area contributed by atoms with Crippen LogP contribution in [0.3, 0.4) is 0 Å². The molecule has 20 heavy (non-hydrogen) atoms. The van der Waals surface area contributed by atoms with Gasteiger partial charge in [0, 0.05) is 12.0 Å². The van der Waals surface area contributed by atoms with Gasteiger partial charge >= 0.3 is 12.1 Å². The van der Waals surface area contributed by atoms with Crippen LogP contribution >= 0.6 is 23.2 Å². The standard InChI is InChI=1S/C13H11Cl2F3O2/c1-11(7-12(11,14)15)10(19)20-6-8-4-2-3-5-9(8)13(16,17)18/h2-5H,6-7H2,1H3. The average Bonchev–Trinajstić information content (AvgIpc) is 2.86. The summed E-state index contributed by atoms with van der Waals surface area (Å²) < 4.78 is 42.0. The molecule has 0 heterocycles. The smallest absolute Gasteiger partial charge is 0.416 e. The molecule has 1 aromatic carbocycles. The minimum atomic E-state index is -4.49. The third-order valence-electron chi connectivity index (χ3n) is 3.39. The van der Waals surface area contributed by atoms with E-state index in [2.05, 4.69) is 0 Å². The summed E-state index contributed by atoms with van der Waals surface area (Å²) in [5.41, 5.74) is -1.98. The molecule has 1 atom stereocenters. The van der Waals surface area contributed by atoms with Crippen LogP contribution in [0.4, 0.5) is 13.2 Å². The highest BCUT2D eigenvalue weighted by atomic mass is 35.5. The summed E-state index contributed by atoms with van der Waals surface area (Å²) in [6.45, 7) is 1.05. The molecule has 110 valence electrons. The van der Waals surface area contributed by atoms with E-state index >= 15 is 0 Å². The van der Waals surface area contributed by atoms with E-state index in [0.29, 0.717) is 0 Å². The van der Waals surface area contributed by atoms with Gasteiger partial charge in [-0.15, -0.1) is 23.2 Å².